The molecule has 1 heterocycles. The molecule has 0 spiro atoms. The van der Waals surface area contributed by atoms with Gasteiger partial charge < -0.3 is 11.1 Å². The molecule has 4 nitrogen and oxygen atoms in total. The summed E-state index contributed by atoms with van der Waals surface area (Å²) in [4.78, 5) is 15.6. The number of hydrogen-bond acceptors (Lipinski definition) is 3. The van der Waals surface area contributed by atoms with Crippen molar-refractivity contribution in [3.8, 4) is 0 Å². The molecule has 0 aliphatic heterocycles. The largest absolute Gasteiger partial charge is 0.384 e. The maximum Gasteiger partial charge on any atom is 0.251 e. The molecule has 1 amide bonds. The lowest BCUT2D eigenvalue weighted by Crippen LogP contribution is -2.25. The zero-order chi connectivity index (χ0) is 12.8. The number of carbonyl (C=O) groups is 1. The first-order chi connectivity index (χ1) is 8.75. The lowest BCUT2D eigenvalue weighted by Gasteiger charge is -2.05. The summed E-state index contributed by atoms with van der Waals surface area (Å²) >= 11 is 0. The van der Waals surface area contributed by atoms with Gasteiger partial charge in [-0.2, -0.15) is 0 Å². The van der Waals surface area contributed by atoms with Crippen molar-refractivity contribution < 1.29 is 4.79 Å². The van der Waals surface area contributed by atoms with Crippen LogP contribution in [-0.4, -0.2) is 17.4 Å². The fourth-order valence-corrected chi connectivity index (χ4v) is 1.66. The fraction of sp³-hybridized carbons (Fsp3) is 0.143. The summed E-state index contributed by atoms with van der Waals surface area (Å²) in [5, 5.41) is 2.85. The molecule has 2 aromatic rings. The molecule has 4 heteroatoms. The Balaban J connectivity index is 1.86. The third-order valence-corrected chi connectivity index (χ3v) is 2.59. The maximum absolute atomic E-state index is 11.8. The summed E-state index contributed by atoms with van der Waals surface area (Å²) in [7, 11) is 0. The average molecular weight is 241 g/mol. The minimum absolute atomic E-state index is 0.125. The Labute approximate surface area is 106 Å². The molecule has 0 atom stereocenters. The van der Waals surface area contributed by atoms with Crippen LogP contribution < -0.4 is 11.1 Å². The molecule has 0 radical (unpaired) electrons. The summed E-state index contributed by atoms with van der Waals surface area (Å²) in [5.74, 6) is 0.228. The van der Waals surface area contributed by atoms with Gasteiger partial charge >= 0.3 is 0 Å². The van der Waals surface area contributed by atoms with Gasteiger partial charge in [0.1, 0.15) is 5.82 Å². The van der Waals surface area contributed by atoms with Crippen LogP contribution in [0.2, 0.25) is 0 Å². The Hall–Kier alpha value is -2.36. The Bertz CT molecular complexity index is 526. The molecule has 0 saturated heterocycles. The van der Waals surface area contributed by atoms with Gasteiger partial charge in [-0.1, -0.05) is 30.3 Å². The van der Waals surface area contributed by atoms with Gasteiger partial charge in [0, 0.05) is 18.3 Å². The van der Waals surface area contributed by atoms with E-state index in [1.807, 2.05) is 30.3 Å². The summed E-state index contributed by atoms with van der Waals surface area (Å²) in [6.07, 6.45) is 2.34. The maximum atomic E-state index is 11.8. The average Bonchev–Trinajstić information content (AvgIpc) is 2.40. The van der Waals surface area contributed by atoms with Crippen molar-refractivity contribution in [2.24, 2.45) is 0 Å². The highest BCUT2D eigenvalue weighted by Gasteiger charge is 2.04. The summed E-state index contributed by atoms with van der Waals surface area (Å²) in [5.41, 5.74) is 7.26. The zero-order valence-corrected chi connectivity index (χ0v) is 9.97. The number of pyridine rings is 1. The second-order valence-electron chi connectivity index (χ2n) is 3.96. The van der Waals surface area contributed by atoms with Gasteiger partial charge in [-0.3, -0.25) is 4.79 Å². The third kappa shape index (κ3) is 3.31. The van der Waals surface area contributed by atoms with Crippen LogP contribution in [0.1, 0.15) is 15.9 Å². The second kappa shape index (κ2) is 5.82. The first kappa shape index (κ1) is 12.1. The molecule has 0 aliphatic carbocycles. The van der Waals surface area contributed by atoms with E-state index in [1.165, 1.54) is 11.8 Å². The number of aromatic nitrogens is 1. The van der Waals surface area contributed by atoms with Crippen molar-refractivity contribution in [3.05, 3.63) is 59.8 Å². The molecule has 0 saturated carbocycles. The topological polar surface area (TPSA) is 68.0 Å². The summed E-state index contributed by atoms with van der Waals surface area (Å²) in [6.45, 7) is 0.602. The van der Waals surface area contributed by atoms with E-state index in [0.717, 1.165) is 6.42 Å². The summed E-state index contributed by atoms with van der Waals surface area (Å²) in [6, 6.07) is 13.2. The number of nitrogens with zero attached hydrogens (tertiary/aromatic N) is 1. The molecule has 0 fully saturated rings. The van der Waals surface area contributed by atoms with Gasteiger partial charge in [0.05, 0.1) is 0 Å². The van der Waals surface area contributed by atoms with E-state index in [4.69, 9.17) is 5.73 Å². The van der Waals surface area contributed by atoms with Gasteiger partial charge in [-0.25, -0.2) is 4.98 Å². The van der Waals surface area contributed by atoms with E-state index in [2.05, 4.69) is 10.3 Å². The van der Waals surface area contributed by atoms with Crippen molar-refractivity contribution in [1.29, 1.82) is 0 Å². The number of anilines is 1. The van der Waals surface area contributed by atoms with Crippen molar-refractivity contribution in [1.82, 2.24) is 10.3 Å². The Morgan fingerprint density at radius 1 is 1.22 bits per heavy atom. The van der Waals surface area contributed by atoms with Crippen LogP contribution in [0.3, 0.4) is 0 Å². The van der Waals surface area contributed by atoms with Crippen molar-refractivity contribution in [3.63, 3.8) is 0 Å². The first-order valence-electron chi connectivity index (χ1n) is 5.79. The van der Waals surface area contributed by atoms with Crippen LogP contribution in [0.4, 0.5) is 5.82 Å². The van der Waals surface area contributed by atoms with E-state index < -0.39 is 0 Å². The van der Waals surface area contributed by atoms with Crippen LogP contribution in [0.15, 0.2) is 48.7 Å². The molecule has 0 aliphatic rings. The highest BCUT2D eigenvalue weighted by molar-refractivity contribution is 5.94. The summed E-state index contributed by atoms with van der Waals surface area (Å²) < 4.78 is 0. The van der Waals surface area contributed by atoms with Gasteiger partial charge in [-0.05, 0) is 24.1 Å². The highest BCUT2D eigenvalue weighted by Crippen LogP contribution is 2.03. The third-order valence-electron chi connectivity index (χ3n) is 2.59. The quantitative estimate of drug-likeness (QED) is 0.855. The normalized spacial score (nSPS) is 10.0. The smallest absolute Gasteiger partial charge is 0.251 e. The molecule has 3 N–H and O–H groups in total. The van der Waals surface area contributed by atoms with Gasteiger partial charge in [-0.15, -0.1) is 0 Å². The fourth-order valence-electron chi connectivity index (χ4n) is 1.66. The van der Waals surface area contributed by atoms with Gasteiger partial charge in [0.15, 0.2) is 0 Å². The van der Waals surface area contributed by atoms with E-state index in [-0.39, 0.29) is 5.91 Å². The minimum Gasteiger partial charge on any atom is -0.384 e. The molecular formula is C14H15N3O. The number of nitrogens with two attached hydrogens (primary N) is 1. The number of amides is 1. The monoisotopic (exact) mass is 241 g/mol. The van der Waals surface area contributed by atoms with Crippen LogP contribution >= 0.6 is 0 Å². The van der Waals surface area contributed by atoms with E-state index in [9.17, 15) is 4.79 Å². The number of hydrogen-bond donors (Lipinski definition) is 2. The first-order valence-corrected chi connectivity index (χ1v) is 5.79. The number of nitrogens with one attached hydrogen (secondary N) is 1. The minimum atomic E-state index is -0.125. The van der Waals surface area contributed by atoms with Crippen LogP contribution in [-0.2, 0) is 6.42 Å². The number of carbonyl (C=O) groups excluding carboxylic acids is 1. The Morgan fingerprint density at radius 3 is 2.72 bits per heavy atom. The molecule has 0 bridgehead atoms. The molecular weight excluding hydrogens is 226 g/mol. The second-order valence-corrected chi connectivity index (χ2v) is 3.96. The molecule has 1 aromatic heterocycles. The van der Waals surface area contributed by atoms with Crippen molar-refractivity contribution in [2.45, 2.75) is 6.42 Å². The van der Waals surface area contributed by atoms with Crippen LogP contribution in [0, 0.1) is 0 Å². The lowest BCUT2D eigenvalue weighted by molar-refractivity contribution is 0.0954. The highest BCUT2D eigenvalue weighted by atomic mass is 16.1. The zero-order valence-electron chi connectivity index (χ0n) is 9.97. The molecule has 2 rings (SSSR count). The number of benzene rings is 1. The predicted octanol–water partition coefficient (Wildman–Crippen LogP) is 1.64. The number of rotatable bonds is 4. The Kier molecular flexibility index (Phi) is 3.91. The van der Waals surface area contributed by atoms with Crippen molar-refractivity contribution >= 4 is 11.7 Å². The molecule has 18 heavy (non-hydrogen) atoms. The number of nitrogen functional groups attached to an aromatic ring is 1. The van der Waals surface area contributed by atoms with Crippen LogP contribution in [0.25, 0.3) is 0 Å². The molecule has 0 unspecified atom stereocenters. The lowest BCUT2D eigenvalue weighted by atomic mass is 10.1. The van der Waals surface area contributed by atoms with E-state index in [0.29, 0.717) is 17.9 Å². The standard InChI is InChI=1S/C14H15N3O/c15-13-10-12(7-9-16-13)14(18)17-8-6-11-4-2-1-3-5-11/h1-5,7,9-10H,6,8H2,(H2,15,16)(H,17,18). The van der Waals surface area contributed by atoms with Gasteiger partial charge in [0.2, 0.25) is 0 Å². The predicted molar refractivity (Wildman–Crippen MR) is 71.1 cm³/mol. The van der Waals surface area contributed by atoms with Gasteiger partial charge in [0.25, 0.3) is 5.91 Å². The van der Waals surface area contributed by atoms with Crippen molar-refractivity contribution in [2.75, 3.05) is 12.3 Å². The molecule has 92 valence electrons. The molecule has 1 aromatic carbocycles. The Morgan fingerprint density at radius 2 is 2.00 bits per heavy atom. The van der Waals surface area contributed by atoms with E-state index >= 15 is 0 Å². The van der Waals surface area contributed by atoms with Crippen LogP contribution in [0.5, 0.6) is 0 Å². The SMILES string of the molecule is Nc1cc(C(=O)NCCc2ccccc2)ccn1. The van der Waals surface area contributed by atoms with E-state index in [1.54, 1.807) is 12.1 Å².